The van der Waals surface area contributed by atoms with Crippen molar-refractivity contribution in [2.45, 2.75) is 44.8 Å². The van der Waals surface area contributed by atoms with E-state index in [4.69, 9.17) is 0 Å². The van der Waals surface area contributed by atoms with E-state index < -0.39 is 17.2 Å². The maximum atomic E-state index is 14.2. The van der Waals surface area contributed by atoms with Crippen LogP contribution in [0.2, 0.25) is 0 Å². The molecule has 0 saturated carbocycles. The minimum Gasteiger partial charge on any atom is -0.324 e. The lowest BCUT2D eigenvalue weighted by molar-refractivity contribution is 0.352. The lowest BCUT2D eigenvalue weighted by Crippen LogP contribution is -2.46. The fourth-order valence-electron chi connectivity index (χ4n) is 4.42. The van der Waals surface area contributed by atoms with Gasteiger partial charge in [0.1, 0.15) is 0 Å². The molecule has 4 aromatic rings. The summed E-state index contributed by atoms with van der Waals surface area (Å²) in [5, 5.41) is 3.77. The van der Waals surface area contributed by atoms with E-state index in [9.17, 15) is 8.78 Å². The maximum absolute atomic E-state index is 14.2. The zero-order valence-electron chi connectivity index (χ0n) is 18.8. The van der Waals surface area contributed by atoms with E-state index in [2.05, 4.69) is 47.6 Å². The number of hydrogen-bond donors (Lipinski definition) is 1. The fraction of sp³-hybridized carbons (Fsp3) is 0.250. The van der Waals surface area contributed by atoms with Crippen molar-refractivity contribution in [2.24, 2.45) is 0 Å². The molecule has 0 amide bonds. The van der Waals surface area contributed by atoms with E-state index >= 15 is 0 Å². The van der Waals surface area contributed by atoms with E-state index in [1.165, 1.54) is 17.7 Å². The van der Waals surface area contributed by atoms with Crippen LogP contribution in [0.25, 0.3) is 0 Å². The Kier molecular flexibility index (Phi) is 7.30. The van der Waals surface area contributed by atoms with Crippen LogP contribution in [0.15, 0.2) is 91.5 Å². The molecule has 0 aliphatic rings. The molecule has 0 saturated heterocycles. The predicted octanol–water partition coefficient (Wildman–Crippen LogP) is 6.24. The molecule has 1 N–H and O–H groups in total. The van der Waals surface area contributed by atoms with Gasteiger partial charge in [0.2, 0.25) is 0 Å². The third-order valence-corrected chi connectivity index (χ3v) is 6.12. The largest absolute Gasteiger partial charge is 0.324 e. The van der Waals surface area contributed by atoms with Gasteiger partial charge in [-0.2, -0.15) is 0 Å². The van der Waals surface area contributed by atoms with E-state index in [0.717, 1.165) is 36.0 Å². The third-order valence-electron chi connectivity index (χ3n) is 6.12. The number of aromatic nitrogens is 2. The Morgan fingerprint density at radius 1 is 0.939 bits per heavy atom. The average Bonchev–Trinajstić information content (AvgIpc) is 3.37. The maximum Gasteiger partial charge on any atom is 0.159 e. The Hall–Kier alpha value is -3.31. The Morgan fingerprint density at radius 2 is 1.73 bits per heavy atom. The predicted molar refractivity (Wildman–Crippen MR) is 128 cm³/mol. The molecule has 0 bridgehead atoms. The molecular weight excluding hydrogens is 416 g/mol. The molecule has 0 spiro atoms. The third kappa shape index (κ3) is 5.20. The summed E-state index contributed by atoms with van der Waals surface area (Å²) in [6, 6.07) is 22.8. The summed E-state index contributed by atoms with van der Waals surface area (Å²) in [5.41, 5.74) is 3.54. The summed E-state index contributed by atoms with van der Waals surface area (Å²) >= 11 is 0. The SMILES string of the molecule is CCCCc1ccccc1C(Cc1ccc(F)c(F)c1)(NCn1ccnc1)c1ccccc1. The second-order valence-corrected chi connectivity index (χ2v) is 8.37. The van der Waals surface area contributed by atoms with Crippen molar-refractivity contribution >= 4 is 0 Å². The van der Waals surface area contributed by atoms with E-state index in [1.54, 1.807) is 18.6 Å². The van der Waals surface area contributed by atoms with Crippen molar-refractivity contribution < 1.29 is 8.78 Å². The van der Waals surface area contributed by atoms with Crippen LogP contribution in [-0.4, -0.2) is 9.55 Å². The molecule has 33 heavy (non-hydrogen) atoms. The number of hydrogen-bond acceptors (Lipinski definition) is 2. The number of benzene rings is 3. The first-order chi connectivity index (χ1) is 16.1. The first-order valence-electron chi connectivity index (χ1n) is 11.4. The number of nitrogens with one attached hydrogen (secondary N) is 1. The zero-order chi connectivity index (χ0) is 23.1. The van der Waals surface area contributed by atoms with Crippen molar-refractivity contribution in [2.75, 3.05) is 0 Å². The van der Waals surface area contributed by atoms with Gasteiger partial charge < -0.3 is 4.57 Å². The van der Waals surface area contributed by atoms with Crippen LogP contribution >= 0.6 is 0 Å². The van der Waals surface area contributed by atoms with E-state index in [0.29, 0.717) is 13.1 Å². The number of nitrogens with zero attached hydrogens (tertiary/aromatic N) is 2. The quantitative estimate of drug-likeness (QED) is 0.313. The molecule has 4 rings (SSSR count). The molecule has 3 nitrogen and oxygen atoms in total. The van der Waals surface area contributed by atoms with Gasteiger partial charge in [0.05, 0.1) is 18.5 Å². The van der Waals surface area contributed by atoms with Gasteiger partial charge in [0.15, 0.2) is 11.6 Å². The highest BCUT2D eigenvalue weighted by atomic mass is 19.2. The molecule has 0 radical (unpaired) electrons. The minimum atomic E-state index is -0.834. The molecular formula is C28H29F2N3. The number of imidazole rings is 1. The van der Waals surface area contributed by atoms with Gasteiger partial charge in [-0.15, -0.1) is 0 Å². The zero-order valence-corrected chi connectivity index (χ0v) is 18.8. The Balaban J connectivity index is 1.88. The highest BCUT2D eigenvalue weighted by Gasteiger charge is 2.36. The van der Waals surface area contributed by atoms with Crippen molar-refractivity contribution in [1.29, 1.82) is 0 Å². The van der Waals surface area contributed by atoms with Gasteiger partial charge in [-0.3, -0.25) is 5.32 Å². The molecule has 1 unspecified atom stereocenters. The van der Waals surface area contributed by atoms with Crippen molar-refractivity contribution in [1.82, 2.24) is 14.9 Å². The monoisotopic (exact) mass is 445 g/mol. The van der Waals surface area contributed by atoms with Crippen LogP contribution in [0.3, 0.4) is 0 Å². The Bertz CT molecular complexity index is 1160. The summed E-state index contributed by atoms with van der Waals surface area (Å²) in [5.74, 6) is -1.66. The molecule has 1 aromatic heterocycles. The molecule has 0 fully saturated rings. The van der Waals surface area contributed by atoms with Crippen LogP contribution in [0.4, 0.5) is 8.78 Å². The number of aryl methyl sites for hydroxylation is 1. The van der Waals surface area contributed by atoms with Crippen LogP contribution in [0.1, 0.15) is 42.0 Å². The smallest absolute Gasteiger partial charge is 0.159 e. The fourth-order valence-corrected chi connectivity index (χ4v) is 4.42. The van der Waals surface area contributed by atoms with Gasteiger partial charge in [-0.1, -0.05) is 74.0 Å². The number of rotatable bonds is 10. The van der Waals surface area contributed by atoms with Gasteiger partial charge in [0, 0.05) is 12.4 Å². The molecule has 170 valence electrons. The molecule has 5 heteroatoms. The van der Waals surface area contributed by atoms with Crippen molar-refractivity contribution in [3.05, 3.63) is 125 Å². The second kappa shape index (κ2) is 10.5. The van der Waals surface area contributed by atoms with Crippen LogP contribution in [-0.2, 0) is 25.0 Å². The lowest BCUT2D eigenvalue weighted by Gasteiger charge is -2.38. The first kappa shape index (κ1) is 22.9. The van der Waals surface area contributed by atoms with Crippen molar-refractivity contribution in [3.63, 3.8) is 0 Å². The lowest BCUT2D eigenvalue weighted by atomic mass is 9.75. The normalized spacial score (nSPS) is 13.1. The van der Waals surface area contributed by atoms with E-state index in [1.807, 2.05) is 35.0 Å². The summed E-state index contributed by atoms with van der Waals surface area (Å²) < 4.78 is 29.9. The standard InChI is InChI=1S/C28H29F2N3/c1-2-3-9-23-10-7-8-13-25(23)28(24-11-5-4-6-12-24,32-21-33-17-16-31-20-33)19-22-14-15-26(29)27(30)18-22/h4-8,10-18,20,32H,2-3,9,19,21H2,1H3. The number of unbranched alkanes of at least 4 members (excludes halogenated alkanes) is 1. The van der Waals surface area contributed by atoms with Gasteiger partial charge in [-0.05, 0) is 53.6 Å². The van der Waals surface area contributed by atoms with Crippen LogP contribution in [0, 0.1) is 11.6 Å². The summed E-state index contributed by atoms with van der Waals surface area (Å²) in [7, 11) is 0. The van der Waals surface area contributed by atoms with Crippen LogP contribution in [0.5, 0.6) is 0 Å². The van der Waals surface area contributed by atoms with Crippen molar-refractivity contribution in [3.8, 4) is 0 Å². The Morgan fingerprint density at radius 3 is 2.45 bits per heavy atom. The van der Waals surface area contributed by atoms with Crippen LogP contribution < -0.4 is 5.32 Å². The molecule has 3 aromatic carbocycles. The highest BCUT2D eigenvalue weighted by molar-refractivity contribution is 5.45. The summed E-state index contributed by atoms with van der Waals surface area (Å²) in [6.45, 7) is 2.70. The average molecular weight is 446 g/mol. The molecule has 1 heterocycles. The second-order valence-electron chi connectivity index (χ2n) is 8.37. The van der Waals surface area contributed by atoms with Gasteiger partial charge in [-0.25, -0.2) is 13.8 Å². The first-order valence-corrected chi connectivity index (χ1v) is 11.4. The molecule has 0 aliphatic heterocycles. The summed E-state index contributed by atoms with van der Waals surface area (Å²) in [4.78, 5) is 4.16. The molecule has 0 aliphatic carbocycles. The highest BCUT2D eigenvalue weighted by Crippen LogP contribution is 2.36. The van der Waals surface area contributed by atoms with Gasteiger partial charge in [0.25, 0.3) is 0 Å². The minimum absolute atomic E-state index is 0.464. The molecule has 1 atom stereocenters. The number of halogens is 2. The van der Waals surface area contributed by atoms with E-state index in [-0.39, 0.29) is 0 Å². The topological polar surface area (TPSA) is 29.9 Å². The van der Waals surface area contributed by atoms with Gasteiger partial charge >= 0.3 is 0 Å². The summed E-state index contributed by atoms with van der Waals surface area (Å²) in [6.07, 6.45) is 9.01. The Labute approximate surface area is 194 Å².